The van der Waals surface area contributed by atoms with E-state index in [2.05, 4.69) is 5.32 Å². The molecule has 0 heterocycles. The summed E-state index contributed by atoms with van der Waals surface area (Å²) in [6.45, 7) is 7.32. The standard InChI is InChI=1S/C30H36FN3O4S/c1-5-19-32-30(36)27(6-2)33(20-24-13-15-25(31)16-14-24)29(35)21-34(28-10-8-7-9-23(28)4)39(37,38)26-17-11-22(3)12-18-26/h7-18,27H,5-6,19-21H2,1-4H3,(H,32,36)/t27-/m0/s1. The lowest BCUT2D eigenvalue weighted by Gasteiger charge is -2.33. The molecule has 1 N–H and O–H groups in total. The van der Waals surface area contributed by atoms with Crippen LogP contribution in [-0.2, 0) is 26.2 Å². The fourth-order valence-corrected chi connectivity index (χ4v) is 5.74. The van der Waals surface area contributed by atoms with Crippen molar-refractivity contribution in [1.82, 2.24) is 10.2 Å². The van der Waals surface area contributed by atoms with Gasteiger partial charge in [-0.3, -0.25) is 13.9 Å². The zero-order chi connectivity index (χ0) is 28.6. The molecule has 0 aromatic heterocycles. The second-order valence-electron chi connectivity index (χ2n) is 9.47. The summed E-state index contributed by atoms with van der Waals surface area (Å²) < 4.78 is 42.5. The highest BCUT2D eigenvalue weighted by atomic mass is 32.2. The Kier molecular flexibility index (Phi) is 10.2. The van der Waals surface area contributed by atoms with E-state index in [4.69, 9.17) is 0 Å². The van der Waals surface area contributed by atoms with E-state index in [-0.39, 0.29) is 17.3 Å². The molecule has 0 unspecified atom stereocenters. The maximum Gasteiger partial charge on any atom is 0.264 e. The Morgan fingerprint density at radius 2 is 1.56 bits per heavy atom. The molecule has 208 valence electrons. The number of carbonyl (C=O) groups is 2. The zero-order valence-corrected chi connectivity index (χ0v) is 23.7. The quantitative estimate of drug-likeness (QED) is 0.343. The first-order chi connectivity index (χ1) is 18.6. The van der Waals surface area contributed by atoms with E-state index < -0.39 is 34.3 Å². The molecule has 3 rings (SSSR count). The lowest BCUT2D eigenvalue weighted by Crippen LogP contribution is -2.52. The van der Waals surface area contributed by atoms with Gasteiger partial charge < -0.3 is 10.2 Å². The SMILES string of the molecule is CCCNC(=O)[C@H](CC)N(Cc1ccc(F)cc1)C(=O)CN(c1ccccc1C)S(=O)(=O)c1ccc(C)cc1. The van der Waals surface area contributed by atoms with Gasteiger partial charge in [-0.25, -0.2) is 12.8 Å². The highest BCUT2D eigenvalue weighted by Crippen LogP contribution is 2.27. The first-order valence-electron chi connectivity index (χ1n) is 13.0. The molecule has 0 saturated heterocycles. The number of halogens is 1. The van der Waals surface area contributed by atoms with Crippen molar-refractivity contribution >= 4 is 27.5 Å². The average molecular weight is 554 g/mol. The van der Waals surface area contributed by atoms with Gasteiger partial charge in [0.05, 0.1) is 10.6 Å². The Labute approximate surface area is 230 Å². The molecule has 0 aliphatic rings. The number of aryl methyl sites for hydroxylation is 2. The molecule has 3 aromatic carbocycles. The summed E-state index contributed by atoms with van der Waals surface area (Å²) in [4.78, 5) is 28.5. The van der Waals surface area contributed by atoms with Crippen LogP contribution in [0, 0.1) is 19.7 Å². The topological polar surface area (TPSA) is 86.8 Å². The molecule has 0 spiro atoms. The lowest BCUT2D eigenvalue weighted by atomic mass is 10.1. The van der Waals surface area contributed by atoms with Crippen molar-refractivity contribution in [2.75, 3.05) is 17.4 Å². The minimum Gasteiger partial charge on any atom is -0.354 e. The Bertz CT molecular complexity index is 1380. The van der Waals surface area contributed by atoms with Gasteiger partial charge >= 0.3 is 0 Å². The summed E-state index contributed by atoms with van der Waals surface area (Å²) in [7, 11) is -4.13. The van der Waals surface area contributed by atoms with E-state index >= 15 is 0 Å². The Hall–Kier alpha value is -3.72. The number of amides is 2. The minimum absolute atomic E-state index is 0.0172. The normalized spacial score (nSPS) is 12.0. The summed E-state index contributed by atoms with van der Waals surface area (Å²) in [6, 6.07) is 18.2. The highest BCUT2D eigenvalue weighted by Gasteiger charge is 2.34. The third-order valence-corrected chi connectivity index (χ3v) is 8.25. The van der Waals surface area contributed by atoms with Crippen molar-refractivity contribution in [3.8, 4) is 0 Å². The lowest BCUT2D eigenvalue weighted by molar-refractivity contribution is -0.140. The molecule has 9 heteroatoms. The summed E-state index contributed by atoms with van der Waals surface area (Å²) in [5, 5.41) is 2.84. The van der Waals surface area contributed by atoms with Crippen molar-refractivity contribution in [3.05, 3.63) is 95.3 Å². The first-order valence-corrected chi connectivity index (χ1v) is 14.5. The highest BCUT2D eigenvalue weighted by molar-refractivity contribution is 7.92. The van der Waals surface area contributed by atoms with Gasteiger partial charge in [0.25, 0.3) is 10.0 Å². The van der Waals surface area contributed by atoms with Crippen LogP contribution in [-0.4, -0.2) is 44.3 Å². The van der Waals surface area contributed by atoms with Crippen LogP contribution in [0.4, 0.5) is 10.1 Å². The fraction of sp³-hybridized carbons (Fsp3) is 0.333. The molecule has 0 bridgehead atoms. The van der Waals surface area contributed by atoms with Crippen molar-refractivity contribution in [3.63, 3.8) is 0 Å². The van der Waals surface area contributed by atoms with Crippen LogP contribution in [0.3, 0.4) is 0 Å². The molecule has 7 nitrogen and oxygen atoms in total. The van der Waals surface area contributed by atoms with E-state index in [1.54, 1.807) is 62.4 Å². The molecule has 3 aromatic rings. The molecular formula is C30H36FN3O4S. The van der Waals surface area contributed by atoms with Crippen LogP contribution in [0.15, 0.2) is 77.7 Å². The largest absolute Gasteiger partial charge is 0.354 e. The molecule has 1 atom stereocenters. The maximum atomic E-state index is 14.0. The number of hydrogen-bond acceptors (Lipinski definition) is 4. The molecule has 39 heavy (non-hydrogen) atoms. The molecule has 0 saturated carbocycles. The third kappa shape index (κ3) is 7.44. The number of hydrogen-bond donors (Lipinski definition) is 1. The fourth-order valence-electron chi connectivity index (χ4n) is 4.27. The van der Waals surface area contributed by atoms with E-state index in [1.165, 1.54) is 29.2 Å². The minimum atomic E-state index is -4.13. The van der Waals surface area contributed by atoms with Gasteiger partial charge in [0.15, 0.2) is 0 Å². The molecule has 2 amide bonds. The van der Waals surface area contributed by atoms with Crippen molar-refractivity contribution in [2.45, 2.75) is 58.0 Å². The second kappa shape index (κ2) is 13.4. The summed E-state index contributed by atoms with van der Waals surface area (Å²) in [5.41, 5.74) is 2.58. The predicted molar refractivity (Wildman–Crippen MR) is 151 cm³/mol. The number of anilines is 1. The predicted octanol–water partition coefficient (Wildman–Crippen LogP) is 4.97. The second-order valence-corrected chi connectivity index (χ2v) is 11.3. The number of benzene rings is 3. The summed E-state index contributed by atoms with van der Waals surface area (Å²) >= 11 is 0. The van der Waals surface area contributed by atoms with E-state index in [1.807, 2.05) is 13.8 Å². The van der Waals surface area contributed by atoms with Crippen molar-refractivity contribution < 1.29 is 22.4 Å². The van der Waals surface area contributed by atoms with E-state index in [9.17, 15) is 22.4 Å². The summed E-state index contributed by atoms with van der Waals surface area (Å²) in [5.74, 6) is -1.28. The zero-order valence-electron chi connectivity index (χ0n) is 22.9. The number of rotatable bonds is 12. The average Bonchev–Trinajstić information content (AvgIpc) is 2.92. The molecule has 0 aliphatic carbocycles. The van der Waals surface area contributed by atoms with Gasteiger partial charge in [0.1, 0.15) is 18.4 Å². The van der Waals surface area contributed by atoms with Crippen molar-refractivity contribution in [1.29, 1.82) is 0 Å². The monoisotopic (exact) mass is 553 g/mol. The van der Waals surface area contributed by atoms with Gasteiger partial charge in [-0.05, 0) is 68.1 Å². The van der Waals surface area contributed by atoms with Gasteiger partial charge in [-0.2, -0.15) is 0 Å². The van der Waals surface area contributed by atoms with E-state index in [0.717, 1.165) is 16.3 Å². The Morgan fingerprint density at radius 3 is 2.15 bits per heavy atom. The van der Waals surface area contributed by atoms with Crippen LogP contribution in [0.5, 0.6) is 0 Å². The molecule has 0 aliphatic heterocycles. The smallest absolute Gasteiger partial charge is 0.264 e. The Balaban J connectivity index is 2.05. The van der Waals surface area contributed by atoms with Crippen molar-refractivity contribution in [2.24, 2.45) is 0 Å². The Morgan fingerprint density at radius 1 is 0.923 bits per heavy atom. The number of sulfonamides is 1. The van der Waals surface area contributed by atoms with Crippen LogP contribution in [0.25, 0.3) is 0 Å². The number of carbonyl (C=O) groups excluding carboxylic acids is 2. The molecular weight excluding hydrogens is 517 g/mol. The van der Waals surface area contributed by atoms with Gasteiger partial charge in [-0.15, -0.1) is 0 Å². The first kappa shape index (κ1) is 29.8. The number of nitrogens with one attached hydrogen (secondary N) is 1. The van der Waals surface area contributed by atoms with Crippen LogP contribution >= 0.6 is 0 Å². The number of nitrogens with zero attached hydrogens (tertiary/aromatic N) is 2. The van der Waals surface area contributed by atoms with Gasteiger partial charge in [0, 0.05) is 13.1 Å². The van der Waals surface area contributed by atoms with E-state index in [0.29, 0.717) is 29.8 Å². The van der Waals surface area contributed by atoms with Gasteiger partial charge in [0.2, 0.25) is 11.8 Å². The molecule has 0 fully saturated rings. The molecule has 0 radical (unpaired) electrons. The van der Waals surface area contributed by atoms with Crippen LogP contribution < -0.4 is 9.62 Å². The third-order valence-electron chi connectivity index (χ3n) is 6.47. The maximum absolute atomic E-state index is 14.0. The number of para-hydroxylation sites is 1. The summed E-state index contributed by atoms with van der Waals surface area (Å²) in [6.07, 6.45) is 1.04. The van der Waals surface area contributed by atoms with Crippen LogP contribution in [0.2, 0.25) is 0 Å². The van der Waals surface area contributed by atoms with Crippen LogP contribution in [0.1, 0.15) is 43.4 Å². The van der Waals surface area contributed by atoms with Gasteiger partial charge in [-0.1, -0.05) is 61.9 Å².